The molecule has 0 spiro atoms. The lowest BCUT2D eigenvalue weighted by Gasteiger charge is -2.30. The summed E-state index contributed by atoms with van der Waals surface area (Å²) in [7, 11) is 0. The number of aliphatic hydroxyl groups is 1. The number of benzene rings is 2. The van der Waals surface area contributed by atoms with Crippen LogP contribution < -0.4 is 5.73 Å². The van der Waals surface area contributed by atoms with Crippen LogP contribution in [0.25, 0.3) is 11.2 Å². The molecule has 3 N–H and O–H groups in total. The summed E-state index contributed by atoms with van der Waals surface area (Å²) in [6, 6.07) is 19.4. The summed E-state index contributed by atoms with van der Waals surface area (Å²) in [6.45, 7) is 2.60. The highest BCUT2D eigenvalue weighted by Gasteiger charge is 2.54. The number of fused-ring (bicyclic) bond motifs is 1. The van der Waals surface area contributed by atoms with Gasteiger partial charge in [0.1, 0.15) is 17.8 Å². The molecule has 4 aromatic rings. The van der Waals surface area contributed by atoms with E-state index in [-0.39, 0.29) is 30.2 Å². The maximum atomic E-state index is 13.9. The number of anilines is 1. The average Bonchev–Trinajstić information content (AvgIpc) is 3.38. The van der Waals surface area contributed by atoms with Gasteiger partial charge in [-0.05, 0) is 18.1 Å². The van der Waals surface area contributed by atoms with Crippen molar-refractivity contribution in [1.82, 2.24) is 19.5 Å². The number of nitrogen functional groups attached to an aromatic ring is 1. The maximum Gasteiger partial charge on any atom is 0.312 e. The quantitative estimate of drug-likeness (QED) is 0.371. The lowest BCUT2D eigenvalue weighted by atomic mass is 9.98. The maximum absolute atomic E-state index is 13.9. The Morgan fingerprint density at radius 1 is 1.06 bits per heavy atom. The molecule has 0 unspecified atom stereocenters. The van der Waals surface area contributed by atoms with Crippen LogP contribution in [-0.2, 0) is 27.4 Å². The number of nitrogens with zero attached hydrogens (tertiary/aromatic N) is 4. The first-order valence-electron chi connectivity index (χ1n) is 11.2. The van der Waals surface area contributed by atoms with Crippen molar-refractivity contribution in [2.24, 2.45) is 0 Å². The number of hydrogen-bond donors (Lipinski definition) is 2. The van der Waals surface area contributed by atoms with E-state index in [9.17, 15) is 9.50 Å². The first kappa shape index (κ1) is 23.3. The Morgan fingerprint density at radius 2 is 1.71 bits per heavy atom. The molecule has 182 valence electrons. The molecular weight excluding hydrogens is 453 g/mol. The molecule has 4 atom stereocenters. The summed E-state index contributed by atoms with van der Waals surface area (Å²) < 4.78 is 33.9. The van der Waals surface area contributed by atoms with Gasteiger partial charge in [-0.25, -0.2) is 4.98 Å². The third-order valence-corrected chi connectivity index (χ3v) is 6.06. The van der Waals surface area contributed by atoms with Gasteiger partial charge >= 0.3 is 6.08 Å². The number of hydrogen-bond acceptors (Lipinski definition) is 8. The van der Waals surface area contributed by atoms with Gasteiger partial charge in [-0.2, -0.15) is 14.4 Å². The molecule has 2 aromatic heterocycles. The molecule has 0 saturated carbocycles. The van der Waals surface area contributed by atoms with Gasteiger partial charge in [-0.1, -0.05) is 60.7 Å². The van der Waals surface area contributed by atoms with E-state index in [2.05, 4.69) is 15.0 Å². The molecule has 9 nitrogen and oxygen atoms in total. The Morgan fingerprint density at radius 3 is 2.40 bits per heavy atom. The van der Waals surface area contributed by atoms with Crippen molar-refractivity contribution in [3.05, 3.63) is 84.2 Å². The van der Waals surface area contributed by atoms with Crippen LogP contribution in [0.4, 0.5) is 10.2 Å². The Balaban J connectivity index is 1.41. The van der Waals surface area contributed by atoms with Crippen molar-refractivity contribution in [3.8, 4) is 0 Å². The van der Waals surface area contributed by atoms with E-state index < -0.39 is 30.1 Å². The Hall–Kier alpha value is -3.44. The van der Waals surface area contributed by atoms with Gasteiger partial charge in [-0.15, -0.1) is 0 Å². The Bertz CT molecular complexity index is 1290. The van der Waals surface area contributed by atoms with E-state index in [1.165, 1.54) is 10.9 Å². The number of ether oxygens (including phenoxy) is 3. The normalized spacial score (nSPS) is 24.3. The van der Waals surface area contributed by atoms with Crippen LogP contribution in [0.3, 0.4) is 0 Å². The molecule has 1 aliphatic heterocycles. The molecule has 2 aromatic carbocycles. The van der Waals surface area contributed by atoms with Gasteiger partial charge in [0.2, 0.25) is 0 Å². The van der Waals surface area contributed by atoms with Crippen molar-refractivity contribution in [1.29, 1.82) is 0 Å². The summed E-state index contributed by atoms with van der Waals surface area (Å²) in [4.78, 5) is 11.5. The minimum Gasteiger partial charge on any atom is -0.386 e. The highest BCUT2D eigenvalue weighted by molar-refractivity contribution is 5.81. The van der Waals surface area contributed by atoms with Crippen LogP contribution in [0, 0.1) is 6.08 Å². The average molecular weight is 480 g/mol. The molecular formula is C25H26FN5O4. The number of aromatic nitrogens is 4. The Kier molecular flexibility index (Phi) is 6.44. The monoisotopic (exact) mass is 479 g/mol. The third-order valence-electron chi connectivity index (χ3n) is 6.06. The number of imidazole rings is 1. The first-order chi connectivity index (χ1) is 16.9. The zero-order valence-electron chi connectivity index (χ0n) is 19.1. The topological polar surface area (TPSA) is 118 Å². The van der Waals surface area contributed by atoms with Crippen LogP contribution in [0.2, 0.25) is 0 Å². The molecule has 5 rings (SSSR count). The molecule has 1 saturated heterocycles. The lowest BCUT2D eigenvalue weighted by molar-refractivity contribution is -0.146. The van der Waals surface area contributed by atoms with E-state index in [1.807, 2.05) is 67.6 Å². The molecule has 10 heteroatoms. The van der Waals surface area contributed by atoms with Crippen LogP contribution >= 0.6 is 0 Å². The summed E-state index contributed by atoms with van der Waals surface area (Å²) >= 11 is 0. The molecule has 0 amide bonds. The van der Waals surface area contributed by atoms with Gasteiger partial charge in [0.15, 0.2) is 23.2 Å². The predicted octanol–water partition coefficient (Wildman–Crippen LogP) is 3.00. The van der Waals surface area contributed by atoms with Crippen LogP contribution in [0.5, 0.6) is 0 Å². The summed E-state index contributed by atoms with van der Waals surface area (Å²) in [5.41, 5.74) is 7.08. The van der Waals surface area contributed by atoms with E-state index >= 15 is 0 Å². The van der Waals surface area contributed by atoms with Crippen LogP contribution in [-0.4, -0.2) is 49.0 Å². The third kappa shape index (κ3) is 4.73. The fourth-order valence-electron chi connectivity index (χ4n) is 4.34. The molecule has 0 radical (unpaired) electrons. The van der Waals surface area contributed by atoms with Crippen LogP contribution in [0.15, 0.2) is 67.0 Å². The Labute approximate surface area is 201 Å². The molecule has 3 heterocycles. The summed E-state index contributed by atoms with van der Waals surface area (Å²) in [5.74, 6) is -0.0930. The van der Waals surface area contributed by atoms with Gasteiger partial charge in [0, 0.05) is 0 Å². The van der Waals surface area contributed by atoms with Crippen molar-refractivity contribution in [3.63, 3.8) is 0 Å². The minimum absolute atomic E-state index is 0.0930. The van der Waals surface area contributed by atoms with Crippen molar-refractivity contribution in [2.75, 3.05) is 12.3 Å². The largest absolute Gasteiger partial charge is 0.386 e. The summed E-state index contributed by atoms with van der Waals surface area (Å²) in [5, 5.41) is 11.3. The molecule has 1 aliphatic rings. The van der Waals surface area contributed by atoms with Gasteiger partial charge < -0.3 is 25.1 Å². The first-order valence-corrected chi connectivity index (χ1v) is 11.2. The molecule has 1 fully saturated rings. The molecule has 0 bridgehead atoms. The second-order valence-electron chi connectivity index (χ2n) is 8.71. The zero-order chi connectivity index (χ0) is 24.4. The number of rotatable bonds is 8. The number of aliphatic hydroxyl groups excluding tert-OH is 1. The van der Waals surface area contributed by atoms with Gasteiger partial charge in [-0.3, -0.25) is 4.57 Å². The predicted molar refractivity (Wildman–Crippen MR) is 125 cm³/mol. The fourth-order valence-corrected chi connectivity index (χ4v) is 4.34. The van der Waals surface area contributed by atoms with Crippen LogP contribution in [0.1, 0.15) is 24.3 Å². The number of halogens is 1. The smallest absolute Gasteiger partial charge is 0.312 e. The zero-order valence-corrected chi connectivity index (χ0v) is 19.1. The number of nitrogens with two attached hydrogens (primary N) is 1. The van der Waals surface area contributed by atoms with Gasteiger partial charge in [0.25, 0.3) is 0 Å². The van der Waals surface area contributed by atoms with E-state index in [0.717, 1.165) is 11.1 Å². The SMILES string of the molecule is C[C@]1(COCc2ccccc2)O[C@@H](n2cnc3c(N)nc(F)nc32)[C@H](O)[C@@H]1OCc1ccccc1. The highest BCUT2D eigenvalue weighted by atomic mass is 19.1. The second kappa shape index (κ2) is 9.67. The van der Waals surface area contributed by atoms with E-state index in [4.69, 9.17) is 19.9 Å². The highest BCUT2D eigenvalue weighted by Crippen LogP contribution is 2.41. The van der Waals surface area contributed by atoms with Crippen molar-refractivity contribution in [2.45, 2.75) is 44.2 Å². The van der Waals surface area contributed by atoms with E-state index in [0.29, 0.717) is 6.61 Å². The standard InChI is InChI=1S/C25H26FN5O4/c1-25(14-33-12-16-8-4-2-5-9-16)20(34-13-17-10-6-3-7-11-17)19(32)23(35-25)31-15-28-18-21(27)29-24(26)30-22(18)31/h2-11,15,19-20,23,32H,12-14H2,1H3,(H2,27,29,30)/t19-,20+,23-,25-/m1/s1. The van der Waals surface area contributed by atoms with Crippen molar-refractivity contribution < 1.29 is 23.7 Å². The van der Waals surface area contributed by atoms with Crippen molar-refractivity contribution >= 4 is 17.0 Å². The summed E-state index contributed by atoms with van der Waals surface area (Å²) in [6.07, 6.45) is -2.44. The van der Waals surface area contributed by atoms with E-state index in [1.54, 1.807) is 0 Å². The fraction of sp³-hybridized carbons (Fsp3) is 0.320. The van der Waals surface area contributed by atoms with Gasteiger partial charge in [0.05, 0.1) is 26.1 Å². The molecule has 0 aliphatic carbocycles. The lowest BCUT2D eigenvalue weighted by Crippen LogP contribution is -2.46. The second-order valence-corrected chi connectivity index (χ2v) is 8.71. The molecule has 35 heavy (non-hydrogen) atoms. The minimum atomic E-state index is -1.12.